The highest BCUT2D eigenvalue weighted by Gasteiger charge is 2.12. The van der Waals surface area contributed by atoms with Gasteiger partial charge in [0.1, 0.15) is 0 Å². The first kappa shape index (κ1) is 11.0. The topological polar surface area (TPSA) is 38.0 Å². The maximum atomic E-state index is 5.53. The fourth-order valence-corrected chi connectivity index (χ4v) is 2.09. The molecule has 0 aromatic heterocycles. The van der Waals surface area contributed by atoms with Crippen LogP contribution < -0.4 is 11.1 Å². The van der Waals surface area contributed by atoms with E-state index in [2.05, 4.69) is 12.2 Å². The average Bonchev–Trinajstić information content (AvgIpc) is 2.19. The molecule has 0 unspecified atom stereocenters. The molecule has 0 radical (unpaired) electrons. The van der Waals surface area contributed by atoms with Gasteiger partial charge in [-0.05, 0) is 25.8 Å². The summed E-state index contributed by atoms with van der Waals surface area (Å²) in [5, 5.41) is 3.45. The molecule has 2 nitrogen and oxygen atoms in total. The Labute approximate surface area is 82.3 Å². The molecule has 1 aliphatic rings. The Hall–Kier alpha value is -0.0800. The third-order valence-electron chi connectivity index (χ3n) is 3.12. The summed E-state index contributed by atoms with van der Waals surface area (Å²) < 4.78 is 0. The molecule has 0 aromatic rings. The van der Waals surface area contributed by atoms with Gasteiger partial charge in [0.25, 0.3) is 0 Å². The van der Waals surface area contributed by atoms with E-state index in [0.29, 0.717) is 6.04 Å². The summed E-state index contributed by atoms with van der Waals surface area (Å²) >= 11 is 0. The van der Waals surface area contributed by atoms with Crippen LogP contribution in [-0.4, -0.2) is 19.1 Å². The minimum Gasteiger partial charge on any atom is -0.329 e. The first-order valence-electron chi connectivity index (χ1n) is 5.76. The maximum Gasteiger partial charge on any atom is 0.0161 e. The predicted octanol–water partition coefficient (Wildman–Crippen LogP) is 1.89. The van der Waals surface area contributed by atoms with Crippen LogP contribution in [0, 0.1) is 5.92 Å². The highest BCUT2D eigenvalue weighted by molar-refractivity contribution is 4.68. The number of nitrogens with one attached hydrogen (secondary N) is 1. The number of rotatable bonds is 5. The lowest BCUT2D eigenvalue weighted by Gasteiger charge is -2.22. The van der Waals surface area contributed by atoms with Crippen molar-refractivity contribution in [1.29, 1.82) is 0 Å². The van der Waals surface area contributed by atoms with E-state index in [9.17, 15) is 0 Å². The van der Waals surface area contributed by atoms with Gasteiger partial charge in [0.2, 0.25) is 0 Å². The summed E-state index contributed by atoms with van der Waals surface area (Å²) in [4.78, 5) is 0. The highest BCUT2D eigenvalue weighted by Crippen LogP contribution is 2.25. The Kier molecular flexibility index (Phi) is 5.40. The van der Waals surface area contributed by atoms with Crippen molar-refractivity contribution in [3.8, 4) is 0 Å². The van der Waals surface area contributed by atoms with Gasteiger partial charge < -0.3 is 11.1 Å². The first-order chi connectivity index (χ1) is 6.33. The van der Waals surface area contributed by atoms with Crippen molar-refractivity contribution < 1.29 is 0 Å². The summed E-state index contributed by atoms with van der Waals surface area (Å²) in [6.45, 7) is 4.06. The lowest BCUT2D eigenvalue weighted by molar-refractivity contribution is 0.329. The lowest BCUT2D eigenvalue weighted by Crippen LogP contribution is -2.34. The van der Waals surface area contributed by atoms with Gasteiger partial charge in [-0.15, -0.1) is 0 Å². The molecular formula is C11H24N2. The van der Waals surface area contributed by atoms with Gasteiger partial charge in [0.05, 0.1) is 0 Å². The number of nitrogens with two attached hydrogens (primary N) is 1. The molecule has 0 spiro atoms. The zero-order chi connectivity index (χ0) is 9.52. The fraction of sp³-hybridized carbons (Fsp3) is 1.00. The van der Waals surface area contributed by atoms with Crippen LogP contribution in [0.4, 0.5) is 0 Å². The summed E-state index contributed by atoms with van der Waals surface area (Å²) in [5.74, 6) is 0.992. The Morgan fingerprint density at radius 3 is 2.62 bits per heavy atom. The molecule has 1 aliphatic carbocycles. The molecule has 3 N–H and O–H groups in total. The summed E-state index contributed by atoms with van der Waals surface area (Å²) in [6, 6.07) is 0.489. The van der Waals surface area contributed by atoms with E-state index < -0.39 is 0 Å². The van der Waals surface area contributed by atoms with E-state index in [1.54, 1.807) is 0 Å². The van der Waals surface area contributed by atoms with Crippen LogP contribution in [0.5, 0.6) is 0 Å². The molecule has 0 aromatic carbocycles. The second-order valence-corrected chi connectivity index (χ2v) is 4.38. The molecule has 1 rings (SSSR count). The first-order valence-corrected chi connectivity index (χ1v) is 5.76. The van der Waals surface area contributed by atoms with Gasteiger partial charge in [0, 0.05) is 12.6 Å². The monoisotopic (exact) mass is 184 g/mol. The van der Waals surface area contributed by atoms with Crippen LogP contribution in [0.2, 0.25) is 0 Å². The van der Waals surface area contributed by atoms with Gasteiger partial charge in [-0.2, -0.15) is 0 Å². The minimum atomic E-state index is 0.489. The minimum absolute atomic E-state index is 0.489. The van der Waals surface area contributed by atoms with Gasteiger partial charge in [0.15, 0.2) is 0 Å². The van der Waals surface area contributed by atoms with Crippen molar-refractivity contribution in [1.82, 2.24) is 5.32 Å². The van der Waals surface area contributed by atoms with Gasteiger partial charge in [-0.1, -0.05) is 32.1 Å². The second kappa shape index (κ2) is 6.39. The molecule has 13 heavy (non-hydrogen) atoms. The van der Waals surface area contributed by atoms with E-state index in [1.165, 1.54) is 38.5 Å². The van der Waals surface area contributed by atoms with Crippen molar-refractivity contribution >= 4 is 0 Å². The Bertz CT molecular complexity index is 119. The van der Waals surface area contributed by atoms with Crippen LogP contribution in [0.3, 0.4) is 0 Å². The van der Waals surface area contributed by atoms with E-state index in [0.717, 1.165) is 19.0 Å². The van der Waals surface area contributed by atoms with Crippen LogP contribution in [0.15, 0.2) is 0 Å². The van der Waals surface area contributed by atoms with Crippen LogP contribution in [0.1, 0.15) is 45.4 Å². The van der Waals surface area contributed by atoms with Crippen molar-refractivity contribution in [2.24, 2.45) is 11.7 Å². The molecule has 1 fully saturated rings. The van der Waals surface area contributed by atoms with Crippen LogP contribution >= 0.6 is 0 Å². The Morgan fingerprint density at radius 2 is 2.00 bits per heavy atom. The van der Waals surface area contributed by atoms with E-state index >= 15 is 0 Å². The van der Waals surface area contributed by atoms with Crippen LogP contribution in [0.25, 0.3) is 0 Å². The Morgan fingerprint density at radius 1 is 1.31 bits per heavy atom. The third-order valence-corrected chi connectivity index (χ3v) is 3.12. The zero-order valence-corrected chi connectivity index (χ0v) is 8.89. The standard InChI is InChI=1S/C11H24N2/c1-10(9-12)13-8-7-11-5-3-2-4-6-11/h10-11,13H,2-9,12H2,1H3/t10-/m0/s1. The fourth-order valence-electron chi connectivity index (χ4n) is 2.09. The SMILES string of the molecule is C[C@@H](CN)NCCC1CCCCC1. The lowest BCUT2D eigenvalue weighted by atomic mass is 9.87. The van der Waals surface area contributed by atoms with Gasteiger partial charge >= 0.3 is 0 Å². The molecule has 78 valence electrons. The zero-order valence-electron chi connectivity index (χ0n) is 8.89. The van der Waals surface area contributed by atoms with Crippen molar-refractivity contribution in [2.75, 3.05) is 13.1 Å². The molecule has 0 aliphatic heterocycles. The summed E-state index contributed by atoms with van der Waals surface area (Å²) in [5.41, 5.74) is 5.53. The number of hydrogen-bond donors (Lipinski definition) is 2. The smallest absolute Gasteiger partial charge is 0.0161 e. The van der Waals surface area contributed by atoms with Gasteiger partial charge in [-0.25, -0.2) is 0 Å². The molecular weight excluding hydrogens is 160 g/mol. The summed E-state index contributed by atoms with van der Waals surface area (Å²) in [7, 11) is 0. The molecule has 1 atom stereocenters. The van der Waals surface area contributed by atoms with E-state index in [-0.39, 0.29) is 0 Å². The molecule has 1 saturated carbocycles. The molecule has 0 heterocycles. The second-order valence-electron chi connectivity index (χ2n) is 4.38. The quantitative estimate of drug-likeness (QED) is 0.685. The van der Waals surface area contributed by atoms with E-state index in [1.807, 2.05) is 0 Å². The third kappa shape index (κ3) is 4.63. The normalized spacial score (nSPS) is 21.7. The average molecular weight is 184 g/mol. The largest absolute Gasteiger partial charge is 0.329 e. The molecule has 0 bridgehead atoms. The van der Waals surface area contributed by atoms with E-state index in [4.69, 9.17) is 5.73 Å². The van der Waals surface area contributed by atoms with Crippen molar-refractivity contribution in [3.63, 3.8) is 0 Å². The summed E-state index contributed by atoms with van der Waals surface area (Å²) in [6.07, 6.45) is 8.64. The number of hydrogen-bond acceptors (Lipinski definition) is 2. The predicted molar refractivity (Wildman–Crippen MR) is 57.7 cm³/mol. The van der Waals surface area contributed by atoms with Crippen molar-refractivity contribution in [3.05, 3.63) is 0 Å². The molecule has 2 heteroatoms. The van der Waals surface area contributed by atoms with Crippen LogP contribution in [-0.2, 0) is 0 Å². The highest BCUT2D eigenvalue weighted by atomic mass is 14.9. The molecule has 0 amide bonds. The molecule has 0 saturated heterocycles. The Balaban J connectivity index is 1.98. The van der Waals surface area contributed by atoms with Gasteiger partial charge in [-0.3, -0.25) is 0 Å². The van der Waals surface area contributed by atoms with Crippen molar-refractivity contribution in [2.45, 2.75) is 51.5 Å². The maximum absolute atomic E-state index is 5.53.